The van der Waals surface area contributed by atoms with Gasteiger partial charge in [-0.25, -0.2) is 4.39 Å². The third-order valence-corrected chi connectivity index (χ3v) is 3.99. The van der Waals surface area contributed by atoms with Gasteiger partial charge in [0, 0.05) is 12.0 Å². The summed E-state index contributed by atoms with van der Waals surface area (Å²) in [5.74, 6) is 0.322. The Bertz CT molecular complexity index is 423. The van der Waals surface area contributed by atoms with Gasteiger partial charge in [-0.2, -0.15) is 0 Å². The number of ether oxygens (including phenoxy) is 1. The monoisotopic (exact) mass is 265 g/mol. The number of halogens is 1. The molecule has 0 aliphatic carbocycles. The fourth-order valence-corrected chi connectivity index (χ4v) is 3.22. The third kappa shape index (κ3) is 3.15. The minimum absolute atomic E-state index is 0.148. The van der Waals surface area contributed by atoms with Gasteiger partial charge in [0.15, 0.2) is 0 Å². The van der Waals surface area contributed by atoms with Crippen molar-refractivity contribution < 1.29 is 9.13 Å². The van der Waals surface area contributed by atoms with E-state index in [0.717, 1.165) is 30.7 Å². The van der Waals surface area contributed by atoms with Gasteiger partial charge in [0.05, 0.1) is 12.7 Å². The molecule has 0 saturated carbocycles. The van der Waals surface area contributed by atoms with Gasteiger partial charge >= 0.3 is 0 Å². The van der Waals surface area contributed by atoms with Crippen molar-refractivity contribution in [2.75, 3.05) is 13.2 Å². The van der Waals surface area contributed by atoms with E-state index in [1.165, 1.54) is 5.56 Å². The largest absolute Gasteiger partial charge is 0.378 e. The topological polar surface area (TPSA) is 21.3 Å². The molecule has 3 unspecified atom stereocenters. The van der Waals surface area contributed by atoms with Crippen molar-refractivity contribution in [3.05, 3.63) is 34.6 Å². The summed E-state index contributed by atoms with van der Waals surface area (Å²) in [7, 11) is 0. The van der Waals surface area contributed by atoms with E-state index in [9.17, 15) is 4.39 Å². The predicted octanol–water partition coefficient (Wildman–Crippen LogP) is 3.52. The van der Waals surface area contributed by atoms with Crippen molar-refractivity contribution in [1.82, 2.24) is 5.32 Å². The van der Waals surface area contributed by atoms with Gasteiger partial charge in [-0.15, -0.1) is 0 Å². The molecule has 3 atom stereocenters. The number of aryl methyl sites for hydroxylation is 2. The molecule has 0 aromatic heterocycles. The minimum atomic E-state index is -0.148. The van der Waals surface area contributed by atoms with Gasteiger partial charge < -0.3 is 10.1 Å². The molecule has 0 bridgehead atoms. The lowest BCUT2D eigenvalue weighted by molar-refractivity contribution is 0.117. The van der Waals surface area contributed by atoms with E-state index >= 15 is 0 Å². The second-order valence-electron chi connectivity index (χ2n) is 5.63. The van der Waals surface area contributed by atoms with Crippen molar-refractivity contribution in [3.63, 3.8) is 0 Å². The summed E-state index contributed by atoms with van der Waals surface area (Å²) in [6, 6.07) is 3.52. The van der Waals surface area contributed by atoms with Crippen LogP contribution in [0.3, 0.4) is 0 Å². The van der Waals surface area contributed by atoms with Crippen molar-refractivity contribution in [3.8, 4) is 0 Å². The molecule has 1 aliphatic rings. The van der Waals surface area contributed by atoms with Crippen LogP contribution < -0.4 is 5.32 Å². The van der Waals surface area contributed by atoms with Crippen molar-refractivity contribution in [2.24, 2.45) is 5.92 Å². The lowest BCUT2D eigenvalue weighted by Crippen LogP contribution is -2.30. The minimum Gasteiger partial charge on any atom is -0.378 e. The summed E-state index contributed by atoms with van der Waals surface area (Å²) in [6.45, 7) is 9.92. The summed E-state index contributed by atoms with van der Waals surface area (Å²) in [4.78, 5) is 0. The zero-order valence-electron chi connectivity index (χ0n) is 12.3. The van der Waals surface area contributed by atoms with E-state index in [4.69, 9.17) is 4.74 Å². The Morgan fingerprint density at radius 3 is 2.47 bits per heavy atom. The predicted molar refractivity (Wildman–Crippen MR) is 75.8 cm³/mol. The van der Waals surface area contributed by atoms with E-state index in [2.05, 4.69) is 19.2 Å². The average molecular weight is 265 g/mol. The molecule has 19 heavy (non-hydrogen) atoms. The Hall–Kier alpha value is -0.930. The maximum absolute atomic E-state index is 13.5. The van der Waals surface area contributed by atoms with Crippen molar-refractivity contribution in [2.45, 2.75) is 46.3 Å². The zero-order valence-corrected chi connectivity index (χ0v) is 12.3. The van der Waals surface area contributed by atoms with E-state index in [1.54, 1.807) is 12.1 Å². The zero-order chi connectivity index (χ0) is 14.0. The van der Waals surface area contributed by atoms with Crippen LogP contribution in [0, 0.1) is 25.6 Å². The molecule has 1 fully saturated rings. The van der Waals surface area contributed by atoms with Crippen molar-refractivity contribution in [1.29, 1.82) is 0 Å². The number of hydrogen-bond donors (Lipinski definition) is 1. The molecule has 2 nitrogen and oxygen atoms in total. The van der Waals surface area contributed by atoms with Crippen LogP contribution in [0.1, 0.15) is 43.0 Å². The molecular weight excluding hydrogens is 241 g/mol. The van der Waals surface area contributed by atoms with Gasteiger partial charge in [0.1, 0.15) is 5.82 Å². The summed E-state index contributed by atoms with van der Waals surface area (Å²) in [5.41, 5.74) is 3.30. The number of rotatable bonds is 4. The van der Waals surface area contributed by atoms with Crippen LogP contribution in [0.4, 0.5) is 4.39 Å². The number of benzene rings is 1. The van der Waals surface area contributed by atoms with Crippen LogP contribution in [0.2, 0.25) is 0 Å². The Morgan fingerprint density at radius 1 is 1.37 bits per heavy atom. The highest BCUT2D eigenvalue weighted by Gasteiger charge is 2.31. The van der Waals surface area contributed by atoms with Gasteiger partial charge in [0.2, 0.25) is 0 Å². The highest BCUT2D eigenvalue weighted by Crippen LogP contribution is 2.35. The number of hydrogen-bond acceptors (Lipinski definition) is 2. The van der Waals surface area contributed by atoms with Crippen LogP contribution in [0.5, 0.6) is 0 Å². The Morgan fingerprint density at radius 2 is 2.00 bits per heavy atom. The maximum atomic E-state index is 13.5. The highest BCUT2D eigenvalue weighted by molar-refractivity contribution is 5.37. The highest BCUT2D eigenvalue weighted by atomic mass is 19.1. The van der Waals surface area contributed by atoms with Crippen LogP contribution in [-0.2, 0) is 4.74 Å². The van der Waals surface area contributed by atoms with Crippen LogP contribution in [0.15, 0.2) is 12.1 Å². The van der Waals surface area contributed by atoms with E-state index in [-0.39, 0.29) is 11.9 Å². The molecule has 3 heteroatoms. The van der Waals surface area contributed by atoms with E-state index in [1.807, 2.05) is 13.8 Å². The van der Waals surface area contributed by atoms with Gasteiger partial charge in [-0.3, -0.25) is 0 Å². The molecule has 1 aromatic carbocycles. The molecule has 1 saturated heterocycles. The molecule has 1 aliphatic heterocycles. The van der Waals surface area contributed by atoms with Gasteiger partial charge in [0.25, 0.3) is 0 Å². The van der Waals surface area contributed by atoms with Crippen LogP contribution in [0.25, 0.3) is 0 Å². The first kappa shape index (κ1) is 14.5. The first-order chi connectivity index (χ1) is 9.02. The first-order valence-electron chi connectivity index (χ1n) is 7.14. The fraction of sp³-hybridized carbons (Fsp3) is 0.625. The third-order valence-electron chi connectivity index (χ3n) is 3.99. The van der Waals surface area contributed by atoms with Gasteiger partial charge in [-0.05, 0) is 62.6 Å². The number of nitrogens with one attached hydrogen (secondary N) is 1. The Kier molecular flexibility index (Phi) is 4.58. The van der Waals surface area contributed by atoms with Gasteiger partial charge in [-0.1, -0.05) is 6.92 Å². The molecule has 0 amide bonds. The summed E-state index contributed by atoms with van der Waals surface area (Å²) in [5, 5.41) is 3.56. The molecule has 2 rings (SSSR count). The molecule has 0 spiro atoms. The molecule has 0 radical (unpaired) electrons. The van der Waals surface area contributed by atoms with Crippen LogP contribution in [-0.4, -0.2) is 19.3 Å². The summed E-state index contributed by atoms with van der Waals surface area (Å²) >= 11 is 0. The Labute approximate surface area is 115 Å². The first-order valence-corrected chi connectivity index (χ1v) is 7.14. The lowest BCUT2D eigenvalue weighted by atomic mass is 9.86. The lowest BCUT2D eigenvalue weighted by Gasteiger charge is -2.27. The Balaban J connectivity index is 2.33. The summed E-state index contributed by atoms with van der Waals surface area (Å²) < 4.78 is 19.2. The second kappa shape index (κ2) is 6.02. The second-order valence-corrected chi connectivity index (χ2v) is 5.63. The molecule has 106 valence electrons. The fourth-order valence-electron chi connectivity index (χ4n) is 3.22. The SMILES string of the molecule is CCNC(c1c(C)cc(F)cc1C)C1COC(C)C1. The normalized spacial score (nSPS) is 24.7. The average Bonchev–Trinajstić information content (AvgIpc) is 2.73. The van der Waals surface area contributed by atoms with Crippen molar-refractivity contribution >= 4 is 0 Å². The molecular formula is C16H24FNO. The van der Waals surface area contributed by atoms with E-state index in [0.29, 0.717) is 12.0 Å². The smallest absolute Gasteiger partial charge is 0.123 e. The molecule has 1 heterocycles. The summed E-state index contributed by atoms with van der Waals surface area (Å²) in [6.07, 6.45) is 1.39. The van der Waals surface area contributed by atoms with E-state index < -0.39 is 0 Å². The van der Waals surface area contributed by atoms with Crippen LogP contribution >= 0.6 is 0 Å². The molecule has 1 N–H and O–H groups in total. The maximum Gasteiger partial charge on any atom is 0.123 e. The molecule has 1 aromatic rings. The standard InChI is InChI=1S/C16H24FNO/c1-5-18-16(13-8-12(4)19-9-13)15-10(2)6-14(17)7-11(15)3/h6-7,12-13,16,18H,5,8-9H2,1-4H3. The quantitative estimate of drug-likeness (QED) is 0.899.